The van der Waals surface area contributed by atoms with Crippen molar-refractivity contribution in [2.24, 2.45) is 0 Å². The van der Waals surface area contributed by atoms with E-state index in [2.05, 4.69) is 39.5 Å². The van der Waals surface area contributed by atoms with Crippen LogP contribution in [0.25, 0.3) is 11.4 Å². The van der Waals surface area contributed by atoms with Crippen molar-refractivity contribution in [2.45, 2.75) is 19.8 Å². The second-order valence-corrected chi connectivity index (χ2v) is 6.38. The van der Waals surface area contributed by atoms with Crippen LogP contribution in [-0.4, -0.2) is 16.8 Å². The third-order valence-corrected chi connectivity index (χ3v) is 5.06. The molecule has 0 fully saturated rings. The van der Waals surface area contributed by atoms with Gasteiger partial charge in [-0.15, -0.1) is 0 Å². The molecule has 7 heteroatoms. The Morgan fingerprint density at radius 3 is 2.81 bits per heavy atom. The molecule has 1 aliphatic heterocycles. The van der Waals surface area contributed by atoms with E-state index in [1.807, 2.05) is 6.07 Å². The first kappa shape index (κ1) is 15.1. The fourth-order valence-corrected chi connectivity index (χ4v) is 3.06. The van der Waals surface area contributed by atoms with Crippen LogP contribution in [0, 0.1) is 3.57 Å². The molecule has 21 heavy (non-hydrogen) atoms. The highest BCUT2D eigenvalue weighted by atomic mass is 127. The molecule has 0 spiro atoms. The van der Waals surface area contributed by atoms with Crippen LogP contribution in [0.1, 0.15) is 19.0 Å². The van der Waals surface area contributed by atoms with Gasteiger partial charge in [-0.1, -0.05) is 36.5 Å². The zero-order valence-electron chi connectivity index (χ0n) is 11.1. The number of fused-ring (bicyclic) bond motifs is 1. The summed E-state index contributed by atoms with van der Waals surface area (Å²) in [6.07, 6.45) is 1.84. The third-order valence-electron chi connectivity index (χ3n) is 3.05. The van der Waals surface area contributed by atoms with E-state index in [9.17, 15) is 0 Å². The zero-order chi connectivity index (χ0) is 15.0. The summed E-state index contributed by atoms with van der Waals surface area (Å²) in [7, 11) is 0. The predicted octanol–water partition coefficient (Wildman–Crippen LogP) is 4.74. The van der Waals surface area contributed by atoms with Crippen LogP contribution in [0.15, 0.2) is 12.1 Å². The maximum Gasteiger partial charge on any atom is 0.231 e. The molecule has 0 atom stereocenters. The lowest BCUT2D eigenvalue weighted by Crippen LogP contribution is -2.00. The Bertz CT molecular complexity index is 710. The summed E-state index contributed by atoms with van der Waals surface area (Å²) in [5.41, 5.74) is 1.71. The van der Waals surface area contributed by atoms with Gasteiger partial charge in [-0.05, 0) is 41.1 Å². The number of rotatable bonds is 3. The molecule has 0 saturated carbocycles. The van der Waals surface area contributed by atoms with Crippen molar-refractivity contribution in [3.63, 3.8) is 0 Å². The van der Waals surface area contributed by atoms with Gasteiger partial charge in [0.2, 0.25) is 6.79 Å². The second kappa shape index (κ2) is 6.14. The van der Waals surface area contributed by atoms with Crippen LogP contribution < -0.4 is 9.47 Å². The van der Waals surface area contributed by atoms with Crippen LogP contribution in [-0.2, 0) is 6.42 Å². The van der Waals surface area contributed by atoms with Crippen molar-refractivity contribution >= 4 is 45.8 Å². The van der Waals surface area contributed by atoms with Crippen molar-refractivity contribution in [3.8, 4) is 22.9 Å². The highest BCUT2D eigenvalue weighted by molar-refractivity contribution is 14.1. The normalized spacial score (nSPS) is 12.8. The van der Waals surface area contributed by atoms with E-state index in [1.54, 1.807) is 6.07 Å². The van der Waals surface area contributed by atoms with Crippen molar-refractivity contribution in [1.82, 2.24) is 9.97 Å². The first-order valence-electron chi connectivity index (χ1n) is 6.41. The Morgan fingerprint density at radius 2 is 2.05 bits per heavy atom. The number of aromatic nitrogens is 2. The van der Waals surface area contributed by atoms with Crippen molar-refractivity contribution in [2.75, 3.05) is 6.79 Å². The van der Waals surface area contributed by atoms with E-state index in [1.165, 1.54) is 0 Å². The average molecular weight is 437 g/mol. The number of hydrogen-bond donors (Lipinski definition) is 0. The summed E-state index contributed by atoms with van der Waals surface area (Å²) >= 11 is 14.6. The Balaban J connectivity index is 2.10. The maximum atomic E-state index is 6.21. The van der Waals surface area contributed by atoms with Gasteiger partial charge in [-0.2, -0.15) is 0 Å². The monoisotopic (exact) mass is 436 g/mol. The largest absolute Gasteiger partial charge is 0.454 e. The molecule has 0 radical (unpaired) electrons. The van der Waals surface area contributed by atoms with Gasteiger partial charge in [-0.3, -0.25) is 0 Å². The number of ether oxygens (including phenoxy) is 2. The molecular formula is C14H11Cl2IN2O2. The van der Waals surface area contributed by atoms with Gasteiger partial charge in [-0.25, -0.2) is 9.97 Å². The maximum absolute atomic E-state index is 6.21. The molecule has 2 heterocycles. The Kier molecular flexibility index (Phi) is 4.42. The summed E-state index contributed by atoms with van der Waals surface area (Å²) < 4.78 is 11.6. The smallest absolute Gasteiger partial charge is 0.231 e. The first-order chi connectivity index (χ1) is 10.1. The fourth-order valence-electron chi connectivity index (χ4n) is 2.09. The van der Waals surface area contributed by atoms with Crippen molar-refractivity contribution in [1.29, 1.82) is 0 Å². The van der Waals surface area contributed by atoms with Gasteiger partial charge in [0.15, 0.2) is 17.3 Å². The van der Waals surface area contributed by atoms with E-state index >= 15 is 0 Å². The van der Waals surface area contributed by atoms with Crippen molar-refractivity contribution < 1.29 is 9.47 Å². The van der Waals surface area contributed by atoms with Gasteiger partial charge < -0.3 is 9.47 Å². The summed E-state index contributed by atoms with van der Waals surface area (Å²) in [4.78, 5) is 8.95. The molecule has 1 aromatic heterocycles. The Morgan fingerprint density at radius 1 is 1.24 bits per heavy atom. The van der Waals surface area contributed by atoms with Crippen LogP contribution in [0.4, 0.5) is 0 Å². The number of hydrogen-bond acceptors (Lipinski definition) is 4. The fraction of sp³-hybridized carbons (Fsp3) is 0.286. The van der Waals surface area contributed by atoms with E-state index in [0.29, 0.717) is 27.5 Å². The number of benzene rings is 1. The van der Waals surface area contributed by atoms with E-state index in [4.69, 9.17) is 32.7 Å². The standard InChI is InChI=1S/C14H11Cl2IN2O2/c1-2-3-9-11(17)13(16)19-14(18-9)7-4-8(15)12-10(5-7)20-6-21-12/h4-5H,2-3,6H2,1H3. The molecule has 0 amide bonds. The highest BCUT2D eigenvalue weighted by Crippen LogP contribution is 2.42. The van der Waals surface area contributed by atoms with Gasteiger partial charge in [0, 0.05) is 5.56 Å². The van der Waals surface area contributed by atoms with E-state index < -0.39 is 0 Å². The van der Waals surface area contributed by atoms with Crippen LogP contribution in [0.5, 0.6) is 11.5 Å². The number of aryl methyl sites for hydroxylation is 1. The molecule has 1 aromatic carbocycles. The molecule has 2 aromatic rings. The predicted molar refractivity (Wildman–Crippen MR) is 90.3 cm³/mol. The summed E-state index contributed by atoms with van der Waals surface area (Å²) in [6.45, 7) is 2.27. The minimum atomic E-state index is 0.174. The van der Waals surface area contributed by atoms with Gasteiger partial charge in [0.05, 0.1) is 14.3 Å². The topological polar surface area (TPSA) is 44.2 Å². The average Bonchev–Trinajstić information content (AvgIpc) is 2.92. The quantitative estimate of drug-likeness (QED) is 0.515. The van der Waals surface area contributed by atoms with Crippen LogP contribution in [0.3, 0.4) is 0 Å². The molecular weight excluding hydrogens is 426 g/mol. The minimum Gasteiger partial charge on any atom is -0.454 e. The first-order valence-corrected chi connectivity index (χ1v) is 8.25. The number of nitrogens with zero attached hydrogens (tertiary/aromatic N) is 2. The lowest BCUT2D eigenvalue weighted by atomic mass is 10.1. The van der Waals surface area contributed by atoms with E-state index in [0.717, 1.165) is 27.7 Å². The van der Waals surface area contributed by atoms with Gasteiger partial charge in [0.1, 0.15) is 5.15 Å². The lowest BCUT2D eigenvalue weighted by Gasteiger charge is -2.09. The minimum absolute atomic E-state index is 0.174. The van der Waals surface area contributed by atoms with Crippen LogP contribution >= 0.6 is 45.8 Å². The third kappa shape index (κ3) is 2.91. The van der Waals surface area contributed by atoms with Crippen molar-refractivity contribution in [3.05, 3.63) is 31.6 Å². The summed E-state index contributed by atoms with van der Waals surface area (Å²) in [6, 6.07) is 3.59. The molecule has 0 aliphatic carbocycles. The summed E-state index contributed by atoms with van der Waals surface area (Å²) in [5, 5.41) is 0.938. The number of halogens is 3. The van der Waals surface area contributed by atoms with Crippen LogP contribution in [0.2, 0.25) is 10.2 Å². The second-order valence-electron chi connectivity index (χ2n) is 4.54. The lowest BCUT2D eigenvalue weighted by molar-refractivity contribution is 0.174. The van der Waals surface area contributed by atoms with E-state index in [-0.39, 0.29) is 6.79 Å². The molecule has 0 bridgehead atoms. The molecule has 0 saturated heterocycles. The molecule has 3 rings (SSSR count). The SMILES string of the molecule is CCCc1nc(-c2cc(Cl)c3c(c2)OCO3)nc(Cl)c1I. The Labute approximate surface area is 145 Å². The highest BCUT2D eigenvalue weighted by Gasteiger charge is 2.20. The summed E-state index contributed by atoms with van der Waals surface area (Å²) in [5.74, 6) is 1.71. The molecule has 110 valence electrons. The van der Waals surface area contributed by atoms with Gasteiger partial charge in [0.25, 0.3) is 0 Å². The van der Waals surface area contributed by atoms with Gasteiger partial charge >= 0.3 is 0 Å². The Hall–Kier alpha value is -0.790. The molecule has 1 aliphatic rings. The molecule has 0 N–H and O–H groups in total. The molecule has 4 nitrogen and oxygen atoms in total. The zero-order valence-corrected chi connectivity index (χ0v) is 14.8. The molecule has 0 unspecified atom stereocenters.